The number of unbranched alkanes of at least 4 members (excludes halogenated alkanes) is 2. The quantitative estimate of drug-likeness (QED) is 0.720. The van der Waals surface area contributed by atoms with Crippen molar-refractivity contribution in [3.05, 3.63) is 28.2 Å². The molecule has 0 saturated heterocycles. The van der Waals surface area contributed by atoms with Crippen LogP contribution >= 0.6 is 23.2 Å². The van der Waals surface area contributed by atoms with Crippen molar-refractivity contribution >= 4 is 23.2 Å². The molecule has 0 aromatic heterocycles. The summed E-state index contributed by atoms with van der Waals surface area (Å²) in [6.07, 6.45) is 6.16. The molecule has 4 heteroatoms. The van der Waals surface area contributed by atoms with Crippen molar-refractivity contribution in [1.29, 1.82) is 0 Å². The van der Waals surface area contributed by atoms with Crippen molar-refractivity contribution in [3.8, 4) is 5.75 Å². The topological polar surface area (TPSA) is 21.3 Å². The fourth-order valence-corrected chi connectivity index (χ4v) is 2.12. The van der Waals surface area contributed by atoms with Gasteiger partial charge in [-0.3, -0.25) is 0 Å². The second kappa shape index (κ2) is 7.22. The number of halogens is 2. The fraction of sp³-hybridized carbons (Fsp3) is 0.571. The zero-order valence-electron chi connectivity index (χ0n) is 10.4. The Morgan fingerprint density at radius 1 is 1.17 bits per heavy atom. The summed E-state index contributed by atoms with van der Waals surface area (Å²) in [6, 6.07) is 6.28. The molecule has 2 rings (SSSR count). The lowest BCUT2D eigenvalue weighted by molar-refractivity contribution is 0.305. The molecule has 0 radical (unpaired) electrons. The van der Waals surface area contributed by atoms with Gasteiger partial charge in [-0.25, -0.2) is 0 Å². The van der Waals surface area contributed by atoms with Crippen LogP contribution in [0.1, 0.15) is 32.1 Å². The van der Waals surface area contributed by atoms with E-state index in [0.29, 0.717) is 22.4 Å². The van der Waals surface area contributed by atoms with Gasteiger partial charge in [0.1, 0.15) is 10.8 Å². The molecule has 1 saturated carbocycles. The van der Waals surface area contributed by atoms with Gasteiger partial charge >= 0.3 is 0 Å². The summed E-state index contributed by atoms with van der Waals surface area (Å²) in [5.74, 6) is 0.681. The first-order chi connectivity index (χ1) is 8.77. The third-order valence-electron chi connectivity index (χ3n) is 3.01. The maximum Gasteiger partial charge on any atom is 0.139 e. The van der Waals surface area contributed by atoms with E-state index >= 15 is 0 Å². The summed E-state index contributed by atoms with van der Waals surface area (Å²) in [5, 5.41) is 4.56. The lowest BCUT2D eigenvalue weighted by atomic mass is 10.2. The second-order valence-corrected chi connectivity index (χ2v) is 5.47. The highest BCUT2D eigenvalue weighted by molar-refractivity contribution is 6.42. The Labute approximate surface area is 119 Å². The Bertz CT molecular complexity index is 380. The van der Waals surface area contributed by atoms with Gasteiger partial charge in [-0.15, -0.1) is 0 Å². The van der Waals surface area contributed by atoms with Gasteiger partial charge in [-0.05, 0) is 50.8 Å². The van der Waals surface area contributed by atoms with Crippen molar-refractivity contribution in [2.45, 2.75) is 38.1 Å². The second-order valence-electron chi connectivity index (χ2n) is 4.69. The van der Waals surface area contributed by atoms with Gasteiger partial charge in [0.15, 0.2) is 0 Å². The van der Waals surface area contributed by atoms with Crippen LogP contribution in [0.4, 0.5) is 0 Å². The van der Waals surface area contributed by atoms with Gasteiger partial charge in [0.2, 0.25) is 0 Å². The van der Waals surface area contributed by atoms with Gasteiger partial charge in [0.05, 0.1) is 11.6 Å². The largest absolute Gasteiger partial charge is 0.492 e. The molecule has 1 aliphatic rings. The molecule has 0 heterocycles. The molecule has 1 fully saturated rings. The van der Waals surface area contributed by atoms with Crippen LogP contribution in [0.25, 0.3) is 0 Å². The van der Waals surface area contributed by atoms with E-state index in [-0.39, 0.29) is 0 Å². The number of nitrogens with one attached hydrogen (secondary N) is 1. The molecule has 0 bridgehead atoms. The van der Waals surface area contributed by atoms with Gasteiger partial charge in [-0.2, -0.15) is 0 Å². The Hall–Kier alpha value is -0.440. The van der Waals surface area contributed by atoms with E-state index < -0.39 is 0 Å². The average Bonchev–Trinajstić information content (AvgIpc) is 3.17. The van der Waals surface area contributed by atoms with Crippen LogP contribution in [0.5, 0.6) is 5.75 Å². The Morgan fingerprint density at radius 2 is 2.00 bits per heavy atom. The molecule has 18 heavy (non-hydrogen) atoms. The Kier molecular flexibility index (Phi) is 5.61. The van der Waals surface area contributed by atoms with E-state index in [0.717, 1.165) is 19.0 Å². The highest BCUT2D eigenvalue weighted by Gasteiger charge is 2.19. The van der Waals surface area contributed by atoms with Gasteiger partial charge in [-0.1, -0.05) is 29.3 Å². The summed E-state index contributed by atoms with van der Waals surface area (Å²) < 4.78 is 5.62. The summed E-state index contributed by atoms with van der Waals surface area (Å²) in [7, 11) is 0. The third-order valence-corrected chi connectivity index (χ3v) is 3.81. The summed E-state index contributed by atoms with van der Waals surface area (Å²) in [5.41, 5.74) is 0. The summed E-state index contributed by atoms with van der Waals surface area (Å²) in [6.45, 7) is 1.83. The lowest BCUT2D eigenvalue weighted by Crippen LogP contribution is -2.17. The minimum absolute atomic E-state index is 0.509. The van der Waals surface area contributed by atoms with Gasteiger partial charge in [0.25, 0.3) is 0 Å². The van der Waals surface area contributed by atoms with Crippen LogP contribution < -0.4 is 10.1 Å². The molecule has 100 valence electrons. The molecule has 0 aliphatic heterocycles. The lowest BCUT2D eigenvalue weighted by Gasteiger charge is -2.08. The van der Waals surface area contributed by atoms with E-state index in [4.69, 9.17) is 27.9 Å². The highest BCUT2D eigenvalue weighted by Crippen LogP contribution is 2.31. The van der Waals surface area contributed by atoms with E-state index in [1.165, 1.54) is 25.7 Å². The van der Waals surface area contributed by atoms with Crippen molar-refractivity contribution in [3.63, 3.8) is 0 Å². The van der Waals surface area contributed by atoms with E-state index in [9.17, 15) is 0 Å². The Balaban J connectivity index is 1.55. The summed E-state index contributed by atoms with van der Waals surface area (Å²) in [4.78, 5) is 0. The summed E-state index contributed by atoms with van der Waals surface area (Å²) >= 11 is 11.9. The van der Waals surface area contributed by atoms with Crippen molar-refractivity contribution < 1.29 is 4.74 Å². The van der Waals surface area contributed by atoms with Crippen molar-refractivity contribution in [2.75, 3.05) is 13.2 Å². The van der Waals surface area contributed by atoms with E-state index in [2.05, 4.69) is 5.32 Å². The number of ether oxygens (including phenoxy) is 1. The van der Waals surface area contributed by atoms with Gasteiger partial charge in [0, 0.05) is 6.04 Å². The fourth-order valence-electron chi connectivity index (χ4n) is 1.78. The van der Waals surface area contributed by atoms with Crippen LogP contribution in [0, 0.1) is 0 Å². The first-order valence-electron chi connectivity index (χ1n) is 6.57. The molecule has 1 aromatic carbocycles. The van der Waals surface area contributed by atoms with Gasteiger partial charge < -0.3 is 10.1 Å². The zero-order valence-corrected chi connectivity index (χ0v) is 11.9. The monoisotopic (exact) mass is 287 g/mol. The smallest absolute Gasteiger partial charge is 0.139 e. The maximum absolute atomic E-state index is 6.03. The van der Waals surface area contributed by atoms with Crippen LogP contribution in [0.3, 0.4) is 0 Å². The molecule has 1 aliphatic carbocycles. The Morgan fingerprint density at radius 3 is 2.78 bits per heavy atom. The van der Waals surface area contributed by atoms with Crippen molar-refractivity contribution in [1.82, 2.24) is 5.32 Å². The highest BCUT2D eigenvalue weighted by atomic mass is 35.5. The third kappa shape index (κ3) is 4.68. The standard InChI is InChI=1S/C14H19Cl2NO/c15-12-5-4-6-13(14(12)16)18-10-3-1-2-9-17-11-7-8-11/h4-6,11,17H,1-3,7-10H2. The normalized spacial score (nSPS) is 14.8. The minimum Gasteiger partial charge on any atom is -0.492 e. The van der Waals surface area contributed by atoms with E-state index in [1.54, 1.807) is 6.07 Å². The first-order valence-corrected chi connectivity index (χ1v) is 7.33. The predicted molar refractivity (Wildman–Crippen MR) is 76.8 cm³/mol. The molecule has 1 N–H and O–H groups in total. The number of hydrogen-bond acceptors (Lipinski definition) is 2. The molecule has 2 nitrogen and oxygen atoms in total. The SMILES string of the molecule is Clc1cccc(OCCCCCNC2CC2)c1Cl. The number of benzene rings is 1. The predicted octanol–water partition coefficient (Wildman–Crippen LogP) is 4.29. The zero-order chi connectivity index (χ0) is 12.8. The number of hydrogen-bond donors (Lipinski definition) is 1. The van der Waals surface area contributed by atoms with Crippen molar-refractivity contribution in [2.24, 2.45) is 0 Å². The number of rotatable bonds is 8. The molecular weight excluding hydrogens is 269 g/mol. The van der Waals surface area contributed by atoms with Crippen LogP contribution in [0.15, 0.2) is 18.2 Å². The first kappa shape index (κ1) is 14.0. The molecule has 0 unspecified atom stereocenters. The van der Waals surface area contributed by atoms with Crippen LogP contribution in [-0.4, -0.2) is 19.2 Å². The van der Waals surface area contributed by atoms with E-state index in [1.807, 2.05) is 12.1 Å². The average molecular weight is 288 g/mol. The molecule has 0 spiro atoms. The molecule has 1 aromatic rings. The molecular formula is C14H19Cl2NO. The molecule has 0 atom stereocenters. The van der Waals surface area contributed by atoms with Crippen LogP contribution in [0.2, 0.25) is 10.0 Å². The minimum atomic E-state index is 0.509. The van der Waals surface area contributed by atoms with Crippen LogP contribution in [-0.2, 0) is 0 Å². The molecule has 0 amide bonds. The maximum atomic E-state index is 6.03.